The fourth-order valence-corrected chi connectivity index (χ4v) is 4.48. The Bertz CT molecular complexity index is 225. The summed E-state index contributed by atoms with van der Waals surface area (Å²) in [4.78, 5) is 0. The first-order valence-corrected chi connectivity index (χ1v) is 5.95. The molecule has 0 amide bonds. The molecule has 13 heavy (non-hydrogen) atoms. The van der Waals surface area contributed by atoms with E-state index in [9.17, 15) is 5.11 Å². The predicted octanol–water partition coefficient (Wildman–Crippen LogP) is 2.87. The quantitative estimate of drug-likeness (QED) is 0.607. The number of rotatable bonds is 0. The molecule has 0 saturated heterocycles. The molecule has 1 heteroatoms. The summed E-state index contributed by atoms with van der Waals surface area (Å²) in [5.74, 6) is 0.980. The van der Waals surface area contributed by atoms with Gasteiger partial charge in [-0.1, -0.05) is 12.8 Å². The van der Waals surface area contributed by atoms with Gasteiger partial charge >= 0.3 is 0 Å². The second-order valence-electron chi connectivity index (χ2n) is 5.74. The second kappa shape index (κ2) is 2.50. The van der Waals surface area contributed by atoms with Gasteiger partial charge in [0.1, 0.15) is 0 Å². The van der Waals surface area contributed by atoms with Gasteiger partial charge in [0.2, 0.25) is 0 Å². The Morgan fingerprint density at radius 1 is 0.923 bits per heavy atom. The maximum atomic E-state index is 10.3. The molecule has 1 nitrogen and oxygen atoms in total. The summed E-state index contributed by atoms with van der Waals surface area (Å²) in [5, 5.41) is 10.3. The Morgan fingerprint density at radius 2 is 1.77 bits per heavy atom. The summed E-state index contributed by atoms with van der Waals surface area (Å²) >= 11 is 0. The summed E-state index contributed by atoms with van der Waals surface area (Å²) in [6.45, 7) is 0. The average Bonchev–Trinajstić information content (AvgIpc) is 2.45. The molecule has 0 aromatic heterocycles. The van der Waals surface area contributed by atoms with E-state index in [1.54, 1.807) is 0 Å². The Labute approximate surface area is 80.5 Å². The van der Waals surface area contributed by atoms with E-state index in [2.05, 4.69) is 0 Å². The normalized spacial score (nSPS) is 54.7. The van der Waals surface area contributed by atoms with Crippen LogP contribution in [0.4, 0.5) is 0 Å². The zero-order valence-corrected chi connectivity index (χ0v) is 8.39. The van der Waals surface area contributed by atoms with E-state index in [4.69, 9.17) is 0 Å². The molecule has 3 aliphatic carbocycles. The molecule has 0 heterocycles. The van der Waals surface area contributed by atoms with Crippen LogP contribution in [0.3, 0.4) is 0 Å². The predicted molar refractivity (Wildman–Crippen MR) is 52.4 cm³/mol. The summed E-state index contributed by atoms with van der Waals surface area (Å²) in [6.07, 6.45) is 11.6. The van der Waals surface area contributed by atoms with Crippen molar-refractivity contribution in [1.82, 2.24) is 0 Å². The fraction of sp³-hybridized carbons (Fsp3) is 1.00. The van der Waals surface area contributed by atoms with E-state index in [1.165, 1.54) is 38.5 Å². The minimum absolute atomic E-state index is 0.237. The minimum atomic E-state index is -0.237. The molecule has 74 valence electrons. The zero-order chi connectivity index (χ0) is 8.94. The van der Waals surface area contributed by atoms with Crippen molar-refractivity contribution in [1.29, 1.82) is 0 Å². The zero-order valence-electron chi connectivity index (χ0n) is 8.39. The maximum Gasteiger partial charge on any atom is 0.0653 e. The Balaban J connectivity index is 1.92. The lowest BCUT2D eigenvalue weighted by molar-refractivity contribution is -0.103. The van der Waals surface area contributed by atoms with Crippen molar-refractivity contribution in [2.24, 2.45) is 11.3 Å². The fourth-order valence-electron chi connectivity index (χ4n) is 4.48. The molecule has 3 rings (SSSR count). The first-order valence-electron chi connectivity index (χ1n) is 5.95. The van der Waals surface area contributed by atoms with Crippen molar-refractivity contribution in [2.45, 2.75) is 63.4 Å². The van der Waals surface area contributed by atoms with Crippen LogP contribution < -0.4 is 0 Å². The molecule has 0 unspecified atom stereocenters. The van der Waals surface area contributed by atoms with Crippen molar-refractivity contribution in [2.75, 3.05) is 0 Å². The largest absolute Gasteiger partial charge is 0.390 e. The van der Waals surface area contributed by atoms with Crippen LogP contribution in [0.25, 0.3) is 0 Å². The van der Waals surface area contributed by atoms with Crippen molar-refractivity contribution >= 4 is 0 Å². The molecule has 0 aromatic carbocycles. The van der Waals surface area contributed by atoms with Crippen molar-refractivity contribution in [3.8, 4) is 0 Å². The maximum absolute atomic E-state index is 10.3. The van der Waals surface area contributed by atoms with E-state index < -0.39 is 0 Å². The summed E-state index contributed by atoms with van der Waals surface area (Å²) < 4.78 is 0. The summed E-state index contributed by atoms with van der Waals surface area (Å²) in [6, 6.07) is 0. The lowest BCUT2D eigenvalue weighted by Crippen LogP contribution is -2.47. The molecular weight excluding hydrogens is 160 g/mol. The van der Waals surface area contributed by atoms with E-state index in [0.717, 1.165) is 25.2 Å². The SMILES string of the molecule is O[C@]12CCC[C@@]3(CCC[C@H]3CC1)C2. The third kappa shape index (κ3) is 1.09. The van der Waals surface area contributed by atoms with Gasteiger partial charge in [-0.3, -0.25) is 0 Å². The van der Waals surface area contributed by atoms with Gasteiger partial charge in [0.15, 0.2) is 0 Å². The van der Waals surface area contributed by atoms with Crippen molar-refractivity contribution < 1.29 is 5.11 Å². The lowest BCUT2D eigenvalue weighted by atomic mass is 9.56. The highest BCUT2D eigenvalue weighted by Gasteiger charge is 2.53. The number of fused-ring (bicyclic) bond motifs is 1. The number of hydrogen-bond donors (Lipinski definition) is 1. The van der Waals surface area contributed by atoms with E-state index in [0.29, 0.717) is 5.41 Å². The standard InChI is InChI=1S/C12H20O/c13-12-7-2-6-11(9-12)5-1-3-10(11)4-8-12/h10,13H,1-9H2/t10-,11-,12+/m0/s1. The van der Waals surface area contributed by atoms with Crippen LogP contribution >= 0.6 is 0 Å². The molecule has 0 aliphatic heterocycles. The summed E-state index contributed by atoms with van der Waals surface area (Å²) in [5.41, 5.74) is 0.365. The lowest BCUT2D eigenvalue weighted by Gasteiger charge is -2.51. The minimum Gasteiger partial charge on any atom is -0.390 e. The molecule has 3 atom stereocenters. The van der Waals surface area contributed by atoms with Gasteiger partial charge in [0, 0.05) is 0 Å². The topological polar surface area (TPSA) is 20.2 Å². The van der Waals surface area contributed by atoms with Crippen molar-refractivity contribution in [3.05, 3.63) is 0 Å². The van der Waals surface area contributed by atoms with Gasteiger partial charge in [0.25, 0.3) is 0 Å². The second-order valence-corrected chi connectivity index (χ2v) is 5.74. The van der Waals surface area contributed by atoms with Crippen LogP contribution in [0.15, 0.2) is 0 Å². The molecule has 1 N–H and O–H groups in total. The van der Waals surface area contributed by atoms with Crippen LogP contribution in [-0.4, -0.2) is 10.7 Å². The Morgan fingerprint density at radius 3 is 2.69 bits per heavy atom. The van der Waals surface area contributed by atoms with Gasteiger partial charge in [0.05, 0.1) is 5.60 Å². The van der Waals surface area contributed by atoms with E-state index in [1.807, 2.05) is 0 Å². The van der Waals surface area contributed by atoms with Gasteiger partial charge in [-0.2, -0.15) is 0 Å². The molecule has 0 radical (unpaired) electrons. The Kier molecular flexibility index (Phi) is 1.59. The molecular formula is C12H20O. The monoisotopic (exact) mass is 180 g/mol. The summed E-state index contributed by atoms with van der Waals surface area (Å²) in [7, 11) is 0. The van der Waals surface area contributed by atoms with Crippen LogP contribution in [0.5, 0.6) is 0 Å². The van der Waals surface area contributed by atoms with Crippen LogP contribution in [-0.2, 0) is 0 Å². The third-order valence-electron chi connectivity index (χ3n) is 5.05. The van der Waals surface area contributed by atoms with Crippen molar-refractivity contribution in [3.63, 3.8) is 0 Å². The molecule has 1 spiro atoms. The van der Waals surface area contributed by atoms with Crippen LogP contribution in [0.1, 0.15) is 57.8 Å². The number of hydrogen-bond acceptors (Lipinski definition) is 1. The molecule has 3 saturated carbocycles. The number of aliphatic hydroxyl groups is 1. The molecule has 2 bridgehead atoms. The van der Waals surface area contributed by atoms with Gasteiger partial charge in [-0.25, -0.2) is 0 Å². The molecule has 3 aliphatic rings. The van der Waals surface area contributed by atoms with E-state index >= 15 is 0 Å². The third-order valence-corrected chi connectivity index (χ3v) is 5.05. The van der Waals surface area contributed by atoms with Gasteiger partial charge in [-0.05, 0) is 56.3 Å². The molecule has 3 fully saturated rings. The van der Waals surface area contributed by atoms with E-state index in [-0.39, 0.29) is 5.60 Å². The average molecular weight is 180 g/mol. The van der Waals surface area contributed by atoms with Gasteiger partial charge < -0.3 is 5.11 Å². The first-order chi connectivity index (χ1) is 6.23. The first kappa shape index (κ1) is 8.28. The highest BCUT2D eigenvalue weighted by atomic mass is 16.3. The molecule has 0 aromatic rings. The smallest absolute Gasteiger partial charge is 0.0653 e. The van der Waals surface area contributed by atoms with Crippen LogP contribution in [0, 0.1) is 11.3 Å². The van der Waals surface area contributed by atoms with Gasteiger partial charge in [-0.15, -0.1) is 0 Å². The highest BCUT2D eigenvalue weighted by Crippen LogP contribution is 2.60. The Hall–Kier alpha value is -0.0400. The highest BCUT2D eigenvalue weighted by molar-refractivity contribution is 5.04. The van der Waals surface area contributed by atoms with Crippen LogP contribution in [0.2, 0.25) is 0 Å².